The van der Waals surface area contributed by atoms with Crippen molar-refractivity contribution in [2.45, 2.75) is 18.7 Å². The molecule has 0 aliphatic carbocycles. The van der Waals surface area contributed by atoms with Crippen LogP contribution in [0, 0.1) is 13.8 Å². The van der Waals surface area contributed by atoms with Crippen LogP contribution in [-0.4, -0.2) is 44.9 Å². The summed E-state index contributed by atoms with van der Waals surface area (Å²) < 4.78 is 32.1. The average molecular weight is 415 g/mol. The number of ether oxygens (including phenoxy) is 1. The van der Waals surface area contributed by atoms with Gasteiger partial charge in [0.25, 0.3) is 5.91 Å². The summed E-state index contributed by atoms with van der Waals surface area (Å²) in [6.07, 6.45) is 0. The highest BCUT2D eigenvalue weighted by Gasteiger charge is 2.27. The molecule has 2 heterocycles. The lowest BCUT2D eigenvalue weighted by Crippen LogP contribution is -2.40. The van der Waals surface area contributed by atoms with Crippen molar-refractivity contribution < 1.29 is 17.9 Å². The Hall–Kier alpha value is -1.45. The van der Waals surface area contributed by atoms with E-state index in [-0.39, 0.29) is 21.5 Å². The minimum atomic E-state index is -3.66. The number of aryl methyl sites for hydroxylation is 1. The summed E-state index contributed by atoms with van der Waals surface area (Å²) in [5.41, 5.74) is 1.74. The molecule has 0 saturated carbocycles. The lowest BCUT2D eigenvalue weighted by Gasteiger charge is -2.26. The maximum Gasteiger partial charge on any atom is 0.256 e. The molecule has 0 bridgehead atoms. The third-order valence-electron chi connectivity index (χ3n) is 4.32. The molecule has 1 aromatic carbocycles. The number of carbonyl (C=O) groups is 1. The third-order valence-corrected chi connectivity index (χ3v) is 7.56. The molecule has 1 amide bonds. The van der Waals surface area contributed by atoms with E-state index in [1.165, 1.54) is 33.8 Å². The Morgan fingerprint density at radius 1 is 1.27 bits per heavy atom. The van der Waals surface area contributed by atoms with Gasteiger partial charge < -0.3 is 10.1 Å². The van der Waals surface area contributed by atoms with Crippen LogP contribution in [-0.2, 0) is 14.8 Å². The van der Waals surface area contributed by atoms with Crippen LogP contribution in [0.4, 0.5) is 5.69 Å². The van der Waals surface area contributed by atoms with Crippen LogP contribution in [0.15, 0.2) is 28.5 Å². The second kappa shape index (κ2) is 7.66. The molecule has 140 valence electrons. The number of nitrogens with one attached hydrogen (secondary N) is 1. The molecule has 0 radical (unpaired) electrons. The van der Waals surface area contributed by atoms with Crippen molar-refractivity contribution in [2.24, 2.45) is 0 Å². The molecular weight excluding hydrogens is 396 g/mol. The van der Waals surface area contributed by atoms with Crippen molar-refractivity contribution in [3.8, 4) is 0 Å². The van der Waals surface area contributed by atoms with Gasteiger partial charge in [-0.25, -0.2) is 8.42 Å². The standard InChI is InChI=1S/C17H19ClN2O4S2/c1-11-12(2)25-10-14(11)17(21)19-16-9-13(3-4-15(16)18)26(22,23)20-5-7-24-8-6-20/h3-4,9-10H,5-8H2,1-2H3,(H,19,21). The Bertz CT molecular complexity index is 934. The van der Waals surface area contributed by atoms with Gasteiger partial charge in [-0.2, -0.15) is 4.31 Å². The predicted molar refractivity (Wildman–Crippen MR) is 103 cm³/mol. The number of halogens is 1. The lowest BCUT2D eigenvalue weighted by atomic mass is 10.1. The van der Waals surface area contributed by atoms with Gasteiger partial charge in [0.05, 0.1) is 34.4 Å². The third kappa shape index (κ3) is 3.79. The van der Waals surface area contributed by atoms with E-state index in [9.17, 15) is 13.2 Å². The molecule has 6 nitrogen and oxygen atoms in total. The second-order valence-corrected chi connectivity index (χ2v) is 9.37. The Balaban J connectivity index is 1.88. The number of sulfonamides is 1. The number of amides is 1. The number of anilines is 1. The number of benzene rings is 1. The van der Waals surface area contributed by atoms with E-state index in [1.807, 2.05) is 13.8 Å². The van der Waals surface area contributed by atoms with Gasteiger partial charge in [0.1, 0.15) is 0 Å². The summed E-state index contributed by atoms with van der Waals surface area (Å²) in [6, 6.07) is 4.33. The fourth-order valence-electron chi connectivity index (χ4n) is 2.62. The SMILES string of the molecule is Cc1scc(C(=O)Nc2cc(S(=O)(=O)N3CCOCC3)ccc2Cl)c1C. The maximum atomic E-state index is 12.8. The zero-order chi connectivity index (χ0) is 18.9. The number of morpholine rings is 1. The fourth-order valence-corrected chi connectivity index (χ4v) is 5.09. The second-order valence-electron chi connectivity index (χ2n) is 5.94. The maximum absolute atomic E-state index is 12.8. The van der Waals surface area contributed by atoms with E-state index in [0.717, 1.165) is 10.4 Å². The summed E-state index contributed by atoms with van der Waals surface area (Å²) >= 11 is 7.66. The molecular formula is C17H19ClN2O4S2. The Kier molecular flexibility index (Phi) is 5.69. The van der Waals surface area contributed by atoms with Gasteiger partial charge in [-0.1, -0.05) is 11.6 Å². The molecule has 1 saturated heterocycles. The van der Waals surface area contributed by atoms with Crippen molar-refractivity contribution in [3.63, 3.8) is 0 Å². The van der Waals surface area contributed by atoms with Crippen molar-refractivity contribution >= 4 is 44.6 Å². The van der Waals surface area contributed by atoms with Gasteiger partial charge in [-0.3, -0.25) is 4.79 Å². The van der Waals surface area contributed by atoms with Crippen LogP contribution in [0.2, 0.25) is 5.02 Å². The van der Waals surface area contributed by atoms with E-state index in [2.05, 4.69) is 5.32 Å². The topological polar surface area (TPSA) is 75.7 Å². The van der Waals surface area contributed by atoms with Crippen molar-refractivity contribution in [1.29, 1.82) is 0 Å². The zero-order valence-corrected chi connectivity index (χ0v) is 16.8. The molecule has 0 unspecified atom stereocenters. The van der Waals surface area contributed by atoms with Gasteiger partial charge in [0, 0.05) is 23.3 Å². The molecule has 9 heteroatoms. The molecule has 1 aliphatic rings. The summed E-state index contributed by atoms with van der Waals surface area (Å²) in [5.74, 6) is -0.310. The van der Waals surface area contributed by atoms with Gasteiger partial charge >= 0.3 is 0 Å². The number of hydrogen-bond acceptors (Lipinski definition) is 5. The number of nitrogens with zero attached hydrogens (tertiary/aromatic N) is 1. The highest BCUT2D eigenvalue weighted by atomic mass is 35.5. The molecule has 0 atom stereocenters. The quantitative estimate of drug-likeness (QED) is 0.832. The largest absolute Gasteiger partial charge is 0.379 e. The first-order chi connectivity index (χ1) is 12.3. The fraction of sp³-hybridized carbons (Fsp3) is 0.353. The normalized spacial score (nSPS) is 15.8. The van der Waals surface area contributed by atoms with Gasteiger partial charge in [0.15, 0.2) is 0 Å². The number of hydrogen-bond donors (Lipinski definition) is 1. The van der Waals surface area contributed by atoms with Gasteiger partial charge in [0.2, 0.25) is 10.0 Å². The molecule has 1 aliphatic heterocycles. The monoisotopic (exact) mass is 414 g/mol. The first-order valence-electron chi connectivity index (χ1n) is 8.04. The molecule has 1 N–H and O–H groups in total. The van der Waals surface area contributed by atoms with Gasteiger partial charge in [-0.05, 0) is 37.6 Å². The first-order valence-corrected chi connectivity index (χ1v) is 10.7. The molecule has 2 aromatic rings. The van der Waals surface area contributed by atoms with E-state index >= 15 is 0 Å². The molecule has 1 fully saturated rings. The zero-order valence-electron chi connectivity index (χ0n) is 14.4. The Morgan fingerprint density at radius 3 is 2.58 bits per heavy atom. The first kappa shape index (κ1) is 19.3. The van der Waals surface area contributed by atoms with Crippen molar-refractivity contribution in [1.82, 2.24) is 4.31 Å². The summed E-state index contributed by atoms with van der Waals surface area (Å²) in [4.78, 5) is 13.7. The summed E-state index contributed by atoms with van der Waals surface area (Å²) in [7, 11) is -3.66. The minimum absolute atomic E-state index is 0.0947. The Morgan fingerprint density at radius 2 is 1.96 bits per heavy atom. The average Bonchev–Trinajstić information content (AvgIpc) is 2.96. The highest BCUT2D eigenvalue weighted by Crippen LogP contribution is 2.29. The van der Waals surface area contributed by atoms with Crippen molar-refractivity contribution in [3.05, 3.63) is 44.6 Å². The Labute approximate surface area is 161 Å². The smallest absolute Gasteiger partial charge is 0.256 e. The number of rotatable bonds is 4. The van der Waals surface area contributed by atoms with Crippen LogP contribution < -0.4 is 5.32 Å². The highest BCUT2D eigenvalue weighted by molar-refractivity contribution is 7.89. The van der Waals surface area contributed by atoms with Crippen LogP contribution in [0.1, 0.15) is 20.8 Å². The van der Waals surface area contributed by atoms with Crippen LogP contribution >= 0.6 is 22.9 Å². The molecule has 3 rings (SSSR count). The summed E-state index contributed by atoms with van der Waals surface area (Å²) in [6.45, 7) is 5.17. The minimum Gasteiger partial charge on any atom is -0.379 e. The van der Waals surface area contributed by atoms with E-state index < -0.39 is 10.0 Å². The number of thiophene rings is 1. The van der Waals surface area contributed by atoms with E-state index in [0.29, 0.717) is 31.9 Å². The molecule has 26 heavy (non-hydrogen) atoms. The predicted octanol–water partition coefficient (Wildman–Crippen LogP) is 3.29. The van der Waals surface area contributed by atoms with Crippen LogP contribution in [0.25, 0.3) is 0 Å². The molecule has 1 aromatic heterocycles. The van der Waals surface area contributed by atoms with Gasteiger partial charge in [-0.15, -0.1) is 11.3 Å². The number of carbonyl (C=O) groups excluding carboxylic acids is 1. The van der Waals surface area contributed by atoms with E-state index in [1.54, 1.807) is 5.38 Å². The van der Waals surface area contributed by atoms with E-state index in [4.69, 9.17) is 16.3 Å². The van der Waals surface area contributed by atoms with Crippen LogP contribution in [0.5, 0.6) is 0 Å². The summed E-state index contributed by atoms with van der Waals surface area (Å²) in [5, 5.41) is 4.79. The van der Waals surface area contributed by atoms with Crippen LogP contribution in [0.3, 0.4) is 0 Å². The lowest BCUT2D eigenvalue weighted by molar-refractivity contribution is 0.0730. The van der Waals surface area contributed by atoms with Crippen molar-refractivity contribution in [2.75, 3.05) is 31.6 Å². The molecule has 0 spiro atoms.